The van der Waals surface area contributed by atoms with Gasteiger partial charge in [-0.3, -0.25) is 19.2 Å². The fraction of sp³-hybridized carbons (Fsp3) is 0.600. The van der Waals surface area contributed by atoms with E-state index in [1.54, 1.807) is 26.2 Å². The number of piperidine rings is 1. The van der Waals surface area contributed by atoms with Gasteiger partial charge < -0.3 is 30.3 Å². The molecule has 0 aromatic heterocycles. The minimum atomic E-state index is -0.950. The normalized spacial score (nSPS) is 22.8. The van der Waals surface area contributed by atoms with E-state index in [1.165, 1.54) is 0 Å². The van der Waals surface area contributed by atoms with Crippen molar-refractivity contribution in [2.24, 2.45) is 5.92 Å². The predicted molar refractivity (Wildman–Crippen MR) is 150 cm³/mol. The Morgan fingerprint density at radius 1 is 1.02 bits per heavy atom. The molecule has 40 heavy (non-hydrogen) atoms. The van der Waals surface area contributed by atoms with Crippen LogP contribution in [0.2, 0.25) is 0 Å². The molecular weight excluding hydrogens is 512 g/mol. The molecule has 0 radical (unpaired) electrons. The summed E-state index contributed by atoms with van der Waals surface area (Å²) in [4.78, 5) is 54.7. The Bertz CT molecular complexity index is 1100. The van der Waals surface area contributed by atoms with Crippen molar-refractivity contribution in [3.8, 4) is 5.75 Å². The number of allylic oxidation sites excluding steroid dienone is 1. The summed E-state index contributed by atoms with van der Waals surface area (Å²) in [5.74, 6) is -0.710. The van der Waals surface area contributed by atoms with Gasteiger partial charge in [0.15, 0.2) is 5.78 Å². The lowest BCUT2D eigenvalue weighted by Gasteiger charge is -2.30. The quantitative estimate of drug-likeness (QED) is 0.249. The minimum Gasteiger partial charge on any atom is -0.497 e. The Labute approximate surface area is 236 Å². The topological polar surface area (TPSA) is 129 Å². The monoisotopic (exact) mass is 554 g/mol. The summed E-state index contributed by atoms with van der Waals surface area (Å²) in [5.41, 5.74) is 1.97. The minimum absolute atomic E-state index is 0.145. The third kappa shape index (κ3) is 8.38. The number of carbonyl (C=O) groups is 4. The summed E-state index contributed by atoms with van der Waals surface area (Å²) in [6, 6.07) is 4.75. The van der Waals surface area contributed by atoms with E-state index in [1.807, 2.05) is 19.2 Å². The molecule has 0 unspecified atom stereocenters. The Morgan fingerprint density at radius 3 is 2.38 bits per heavy atom. The fourth-order valence-electron chi connectivity index (χ4n) is 5.40. The number of methoxy groups -OCH3 is 1. The van der Waals surface area contributed by atoms with E-state index in [4.69, 9.17) is 9.47 Å². The van der Waals surface area contributed by atoms with Crippen LogP contribution in [0.15, 0.2) is 35.9 Å². The first kappa shape index (κ1) is 29.7. The Balaban J connectivity index is 1.44. The third-order valence-electron chi connectivity index (χ3n) is 7.89. The smallest absolute Gasteiger partial charge is 0.243 e. The molecule has 3 amide bonds. The molecule has 5 atom stereocenters. The van der Waals surface area contributed by atoms with Gasteiger partial charge in [-0.05, 0) is 76.7 Å². The van der Waals surface area contributed by atoms with Crippen LogP contribution in [0.5, 0.6) is 5.75 Å². The number of hydrogen-bond acceptors (Lipinski definition) is 7. The van der Waals surface area contributed by atoms with Crippen LogP contribution in [-0.4, -0.2) is 86.5 Å². The van der Waals surface area contributed by atoms with Crippen molar-refractivity contribution in [2.45, 2.75) is 76.1 Å². The number of ether oxygens (including phenoxy) is 2. The van der Waals surface area contributed by atoms with Crippen LogP contribution in [0.4, 0.5) is 0 Å². The lowest BCUT2D eigenvalue weighted by molar-refractivity contribution is -0.134. The molecule has 1 aromatic rings. The van der Waals surface area contributed by atoms with Gasteiger partial charge in [-0.2, -0.15) is 0 Å². The number of likely N-dealkylation sites (tertiary alicyclic amines) is 1. The van der Waals surface area contributed by atoms with Gasteiger partial charge in [-0.15, -0.1) is 0 Å². The van der Waals surface area contributed by atoms with Crippen molar-refractivity contribution in [1.82, 2.24) is 20.9 Å². The molecule has 0 spiro atoms. The highest BCUT2D eigenvalue weighted by Gasteiger charge is 2.38. The molecule has 2 aliphatic heterocycles. The molecule has 3 aliphatic rings. The number of hydrogen-bond donors (Lipinski definition) is 3. The van der Waals surface area contributed by atoms with Gasteiger partial charge in [-0.25, -0.2) is 0 Å². The van der Waals surface area contributed by atoms with Gasteiger partial charge in [0.1, 0.15) is 23.9 Å². The molecule has 1 aromatic carbocycles. The Morgan fingerprint density at radius 2 is 1.75 bits per heavy atom. The van der Waals surface area contributed by atoms with E-state index in [-0.39, 0.29) is 24.0 Å². The molecule has 3 N–H and O–H groups in total. The van der Waals surface area contributed by atoms with Gasteiger partial charge in [0.2, 0.25) is 17.7 Å². The molecule has 0 saturated carbocycles. The third-order valence-corrected chi connectivity index (χ3v) is 7.89. The van der Waals surface area contributed by atoms with Crippen LogP contribution in [0, 0.1) is 5.92 Å². The van der Waals surface area contributed by atoms with E-state index in [9.17, 15) is 19.2 Å². The highest BCUT2D eigenvalue weighted by atomic mass is 16.6. The van der Waals surface area contributed by atoms with Gasteiger partial charge in [0.25, 0.3) is 0 Å². The molecule has 2 heterocycles. The van der Waals surface area contributed by atoms with Crippen molar-refractivity contribution >= 4 is 23.5 Å². The first-order valence-corrected chi connectivity index (χ1v) is 14.3. The number of epoxide rings is 1. The molecule has 2 saturated heterocycles. The Hall–Kier alpha value is -3.24. The number of benzene rings is 1. The van der Waals surface area contributed by atoms with E-state index in [0.717, 1.165) is 49.8 Å². The van der Waals surface area contributed by atoms with Crippen LogP contribution >= 0.6 is 0 Å². The maximum absolute atomic E-state index is 13.6. The summed E-state index contributed by atoms with van der Waals surface area (Å²) < 4.78 is 10.5. The lowest BCUT2D eigenvalue weighted by Crippen LogP contribution is -2.56. The largest absolute Gasteiger partial charge is 0.497 e. The summed E-state index contributed by atoms with van der Waals surface area (Å²) in [6.45, 7) is 3.59. The molecule has 0 bridgehead atoms. The van der Waals surface area contributed by atoms with E-state index >= 15 is 0 Å². The second-order valence-electron chi connectivity index (χ2n) is 11.2. The SMILES string of the molecule is COc1ccc(C[C@H](NC(=O)[C@@H](C)NC(=O)[C@@H]2CCCN(C)C2)C(=O)N[C@@H](CC2=CCCC2)C(=O)[C@H]2CO2)cc1. The molecule has 218 valence electrons. The van der Waals surface area contributed by atoms with Crippen molar-refractivity contribution in [3.63, 3.8) is 0 Å². The van der Waals surface area contributed by atoms with Crippen molar-refractivity contribution in [3.05, 3.63) is 41.5 Å². The zero-order valence-corrected chi connectivity index (χ0v) is 23.7. The van der Waals surface area contributed by atoms with Gasteiger partial charge >= 0.3 is 0 Å². The lowest BCUT2D eigenvalue weighted by atomic mass is 9.97. The summed E-state index contributed by atoms with van der Waals surface area (Å²) in [6.07, 6.45) is 6.93. The highest BCUT2D eigenvalue weighted by molar-refractivity contribution is 5.96. The van der Waals surface area contributed by atoms with Gasteiger partial charge in [-0.1, -0.05) is 23.8 Å². The zero-order valence-electron chi connectivity index (χ0n) is 23.7. The second-order valence-corrected chi connectivity index (χ2v) is 11.2. The molecule has 10 nitrogen and oxygen atoms in total. The van der Waals surface area contributed by atoms with E-state index in [0.29, 0.717) is 25.3 Å². The number of nitrogens with one attached hydrogen (secondary N) is 3. The number of rotatable bonds is 13. The zero-order chi connectivity index (χ0) is 28.6. The first-order valence-electron chi connectivity index (χ1n) is 14.3. The summed E-state index contributed by atoms with van der Waals surface area (Å²) in [5, 5.41) is 8.56. The molecular formula is C30H42N4O6. The maximum atomic E-state index is 13.6. The number of ketones is 1. The summed E-state index contributed by atoms with van der Waals surface area (Å²) >= 11 is 0. The van der Waals surface area contributed by atoms with Gasteiger partial charge in [0.05, 0.1) is 25.7 Å². The van der Waals surface area contributed by atoms with Crippen LogP contribution in [0.3, 0.4) is 0 Å². The number of carbonyl (C=O) groups excluding carboxylic acids is 4. The summed E-state index contributed by atoms with van der Waals surface area (Å²) in [7, 11) is 3.56. The van der Waals surface area contributed by atoms with Crippen molar-refractivity contribution in [2.75, 3.05) is 33.9 Å². The van der Waals surface area contributed by atoms with Gasteiger partial charge in [0, 0.05) is 13.0 Å². The van der Waals surface area contributed by atoms with Crippen LogP contribution in [0.1, 0.15) is 51.0 Å². The number of nitrogens with zero attached hydrogens (tertiary/aromatic N) is 1. The molecule has 4 rings (SSSR count). The number of Topliss-reactive ketones (excluding diaryl/α,β-unsaturated/α-hetero) is 1. The molecule has 10 heteroatoms. The Kier molecular flexibility index (Phi) is 10.3. The standard InChI is InChI=1S/C30H42N4O6/c1-19(31-29(37)22-9-6-14-34(2)17-22)28(36)33-25(16-21-10-12-23(39-3)13-11-21)30(38)32-24(27(35)26-18-40-26)15-20-7-4-5-8-20/h7,10-13,19,22,24-26H,4-6,8-9,14-18H2,1-3H3,(H,31,37)(H,32,38)(H,33,36)/t19-,22-,24+,25+,26-/m1/s1. The van der Waals surface area contributed by atoms with Crippen molar-refractivity contribution in [1.29, 1.82) is 0 Å². The van der Waals surface area contributed by atoms with E-state index in [2.05, 4.69) is 26.9 Å². The van der Waals surface area contributed by atoms with Crippen LogP contribution in [0.25, 0.3) is 0 Å². The average Bonchev–Trinajstić information content (AvgIpc) is 3.68. The molecule has 2 fully saturated rings. The fourth-order valence-corrected chi connectivity index (χ4v) is 5.40. The maximum Gasteiger partial charge on any atom is 0.243 e. The number of amides is 3. The van der Waals surface area contributed by atoms with E-state index < -0.39 is 36.0 Å². The highest BCUT2D eigenvalue weighted by Crippen LogP contribution is 2.24. The van der Waals surface area contributed by atoms with Crippen LogP contribution in [-0.2, 0) is 30.3 Å². The molecule has 1 aliphatic carbocycles. The van der Waals surface area contributed by atoms with Crippen molar-refractivity contribution < 1.29 is 28.7 Å². The average molecular weight is 555 g/mol. The predicted octanol–water partition coefficient (Wildman–Crippen LogP) is 1.52. The second kappa shape index (κ2) is 13.9. The van der Waals surface area contributed by atoms with Crippen LogP contribution < -0.4 is 20.7 Å². The first-order chi connectivity index (χ1) is 19.2.